The van der Waals surface area contributed by atoms with Gasteiger partial charge in [0, 0.05) is 38.4 Å². The Bertz CT molecular complexity index is 682. The molecule has 0 radical (unpaired) electrons. The van der Waals surface area contributed by atoms with Crippen LogP contribution < -0.4 is 14.4 Å². The van der Waals surface area contributed by atoms with Gasteiger partial charge in [0.05, 0.1) is 7.11 Å². The second kappa shape index (κ2) is 8.92. The van der Waals surface area contributed by atoms with Gasteiger partial charge in [0.1, 0.15) is 24.2 Å². The van der Waals surface area contributed by atoms with E-state index in [0.717, 1.165) is 43.2 Å². The van der Waals surface area contributed by atoms with E-state index in [9.17, 15) is 5.11 Å². The van der Waals surface area contributed by atoms with Crippen molar-refractivity contribution in [3.05, 3.63) is 54.1 Å². The van der Waals surface area contributed by atoms with Crippen LogP contribution in [0.1, 0.15) is 5.56 Å². The summed E-state index contributed by atoms with van der Waals surface area (Å²) in [6.45, 7) is 6.77. The molecule has 0 saturated carbocycles. The first kappa shape index (κ1) is 18.5. The van der Waals surface area contributed by atoms with E-state index in [-0.39, 0.29) is 0 Å². The predicted octanol–water partition coefficient (Wildman–Crippen LogP) is 2.57. The largest absolute Gasteiger partial charge is 0.497 e. The van der Waals surface area contributed by atoms with Crippen LogP contribution in [0.5, 0.6) is 11.5 Å². The first-order chi connectivity index (χ1) is 12.7. The topological polar surface area (TPSA) is 45.2 Å². The van der Waals surface area contributed by atoms with Gasteiger partial charge in [-0.3, -0.25) is 4.90 Å². The van der Waals surface area contributed by atoms with Crippen molar-refractivity contribution in [2.24, 2.45) is 0 Å². The first-order valence-corrected chi connectivity index (χ1v) is 9.13. The van der Waals surface area contributed by atoms with Gasteiger partial charge >= 0.3 is 0 Å². The number of benzene rings is 2. The number of hydrogen-bond acceptors (Lipinski definition) is 5. The van der Waals surface area contributed by atoms with Gasteiger partial charge in [-0.05, 0) is 42.8 Å². The molecule has 1 N–H and O–H groups in total. The number of para-hydroxylation sites is 1. The van der Waals surface area contributed by atoms with Crippen molar-refractivity contribution < 1.29 is 14.6 Å². The molecule has 26 heavy (non-hydrogen) atoms. The van der Waals surface area contributed by atoms with Gasteiger partial charge in [0.15, 0.2) is 0 Å². The minimum atomic E-state index is -0.484. The number of nitrogens with zero attached hydrogens (tertiary/aromatic N) is 2. The fourth-order valence-corrected chi connectivity index (χ4v) is 3.24. The molecule has 0 spiro atoms. The lowest BCUT2D eigenvalue weighted by atomic mass is 10.2. The van der Waals surface area contributed by atoms with Crippen LogP contribution in [0.15, 0.2) is 48.5 Å². The minimum absolute atomic E-state index is 0.323. The van der Waals surface area contributed by atoms with E-state index in [1.54, 1.807) is 7.11 Å². The molecule has 140 valence electrons. The highest BCUT2D eigenvalue weighted by atomic mass is 16.5. The van der Waals surface area contributed by atoms with Crippen LogP contribution >= 0.6 is 0 Å². The number of rotatable bonds is 7. The van der Waals surface area contributed by atoms with Crippen LogP contribution in [-0.4, -0.2) is 62.6 Å². The number of aliphatic hydroxyl groups excluding tert-OH is 1. The Morgan fingerprint density at radius 1 is 1.00 bits per heavy atom. The smallest absolute Gasteiger partial charge is 0.122 e. The lowest BCUT2D eigenvalue weighted by Gasteiger charge is -2.36. The Kier molecular flexibility index (Phi) is 6.36. The maximum Gasteiger partial charge on any atom is 0.122 e. The summed E-state index contributed by atoms with van der Waals surface area (Å²) in [6.07, 6.45) is -0.484. The SMILES string of the molecule is COc1ccc(N2CCN(C[C@H](O)COc3ccccc3C)CC2)cc1. The molecule has 0 amide bonds. The van der Waals surface area contributed by atoms with E-state index in [0.29, 0.717) is 13.2 Å². The monoisotopic (exact) mass is 356 g/mol. The number of piperazine rings is 1. The molecule has 0 bridgehead atoms. The van der Waals surface area contributed by atoms with Crippen LogP contribution in [0.3, 0.4) is 0 Å². The van der Waals surface area contributed by atoms with Gasteiger partial charge in [-0.25, -0.2) is 0 Å². The first-order valence-electron chi connectivity index (χ1n) is 9.13. The van der Waals surface area contributed by atoms with Gasteiger partial charge in [-0.2, -0.15) is 0 Å². The predicted molar refractivity (Wildman–Crippen MR) is 104 cm³/mol. The number of anilines is 1. The molecule has 1 heterocycles. The van der Waals surface area contributed by atoms with Crippen molar-refractivity contribution in [2.75, 3.05) is 51.3 Å². The van der Waals surface area contributed by atoms with Gasteiger partial charge in [0.25, 0.3) is 0 Å². The summed E-state index contributed by atoms with van der Waals surface area (Å²) in [7, 11) is 1.68. The summed E-state index contributed by atoms with van der Waals surface area (Å²) in [5.41, 5.74) is 2.31. The number of β-amino-alcohol motifs (C(OH)–C–C–N with tert-alkyl or cyclic N) is 1. The second-order valence-electron chi connectivity index (χ2n) is 6.72. The molecule has 0 aliphatic carbocycles. The summed E-state index contributed by atoms with van der Waals surface area (Å²) < 4.78 is 11.0. The molecule has 1 atom stereocenters. The number of ether oxygens (including phenoxy) is 2. The van der Waals surface area contributed by atoms with Crippen molar-refractivity contribution in [3.8, 4) is 11.5 Å². The van der Waals surface area contributed by atoms with Crippen molar-refractivity contribution in [1.29, 1.82) is 0 Å². The van der Waals surface area contributed by atoms with E-state index < -0.39 is 6.10 Å². The molecule has 1 aliphatic heterocycles. The van der Waals surface area contributed by atoms with E-state index in [2.05, 4.69) is 21.9 Å². The zero-order chi connectivity index (χ0) is 18.4. The maximum atomic E-state index is 10.3. The Morgan fingerprint density at radius 3 is 2.35 bits per heavy atom. The van der Waals surface area contributed by atoms with Crippen LogP contribution in [0.4, 0.5) is 5.69 Å². The summed E-state index contributed by atoms with van der Waals surface area (Å²) >= 11 is 0. The van der Waals surface area contributed by atoms with Crippen LogP contribution in [0.25, 0.3) is 0 Å². The van der Waals surface area contributed by atoms with Gasteiger partial charge < -0.3 is 19.5 Å². The van der Waals surface area contributed by atoms with Crippen LogP contribution in [0, 0.1) is 6.92 Å². The van der Waals surface area contributed by atoms with Crippen molar-refractivity contribution in [3.63, 3.8) is 0 Å². The highest BCUT2D eigenvalue weighted by molar-refractivity contribution is 5.49. The highest BCUT2D eigenvalue weighted by Crippen LogP contribution is 2.21. The van der Waals surface area contributed by atoms with Gasteiger partial charge in [0.2, 0.25) is 0 Å². The molecule has 5 heteroatoms. The van der Waals surface area contributed by atoms with Gasteiger partial charge in [-0.15, -0.1) is 0 Å². The van der Waals surface area contributed by atoms with E-state index in [1.807, 2.05) is 43.3 Å². The third-order valence-corrected chi connectivity index (χ3v) is 4.80. The Hall–Kier alpha value is -2.24. The molecular weight excluding hydrogens is 328 g/mol. The van der Waals surface area contributed by atoms with Crippen molar-refractivity contribution in [1.82, 2.24) is 4.90 Å². The molecule has 1 fully saturated rings. The third kappa shape index (κ3) is 4.90. The summed E-state index contributed by atoms with van der Waals surface area (Å²) in [5, 5.41) is 10.3. The zero-order valence-corrected chi connectivity index (χ0v) is 15.6. The second-order valence-corrected chi connectivity index (χ2v) is 6.72. The molecular formula is C21H28N2O3. The third-order valence-electron chi connectivity index (χ3n) is 4.80. The average molecular weight is 356 g/mol. The molecule has 2 aromatic rings. The Labute approximate surface area is 155 Å². The minimum Gasteiger partial charge on any atom is -0.497 e. The lowest BCUT2D eigenvalue weighted by molar-refractivity contribution is 0.0661. The fourth-order valence-electron chi connectivity index (χ4n) is 3.24. The van der Waals surface area contributed by atoms with E-state index in [4.69, 9.17) is 9.47 Å². The maximum absolute atomic E-state index is 10.3. The Balaban J connectivity index is 1.42. The molecule has 1 saturated heterocycles. The number of aryl methyl sites for hydroxylation is 1. The average Bonchev–Trinajstić information content (AvgIpc) is 2.68. The quantitative estimate of drug-likeness (QED) is 0.826. The number of aliphatic hydroxyl groups is 1. The lowest BCUT2D eigenvalue weighted by Crippen LogP contribution is -2.49. The van der Waals surface area contributed by atoms with E-state index >= 15 is 0 Å². The summed E-state index contributed by atoms with van der Waals surface area (Å²) in [4.78, 5) is 4.66. The molecule has 3 rings (SSSR count). The molecule has 0 unspecified atom stereocenters. The van der Waals surface area contributed by atoms with Gasteiger partial charge in [-0.1, -0.05) is 18.2 Å². The Morgan fingerprint density at radius 2 is 1.69 bits per heavy atom. The fraction of sp³-hybridized carbons (Fsp3) is 0.429. The molecule has 1 aliphatic rings. The summed E-state index contributed by atoms with van der Waals surface area (Å²) in [6, 6.07) is 16.1. The number of hydrogen-bond donors (Lipinski definition) is 1. The normalized spacial score (nSPS) is 16.3. The molecule has 5 nitrogen and oxygen atoms in total. The molecule has 0 aromatic heterocycles. The number of methoxy groups -OCH3 is 1. The zero-order valence-electron chi connectivity index (χ0n) is 15.6. The van der Waals surface area contributed by atoms with Crippen LogP contribution in [0.2, 0.25) is 0 Å². The van der Waals surface area contributed by atoms with Crippen LogP contribution in [-0.2, 0) is 0 Å². The van der Waals surface area contributed by atoms with Crippen molar-refractivity contribution in [2.45, 2.75) is 13.0 Å². The molecule has 2 aromatic carbocycles. The standard InChI is InChI=1S/C21H28N2O3/c1-17-5-3-4-6-21(17)26-16-19(24)15-22-11-13-23(14-12-22)18-7-9-20(25-2)10-8-18/h3-10,19,24H,11-16H2,1-2H3/t19-/m0/s1. The summed E-state index contributed by atoms with van der Waals surface area (Å²) in [5.74, 6) is 1.72. The highest BCUT2D eigenvalue weighted by Gasteiger charge is 2.20. The van der Waals surface area contributed by atoms with Crippen molar-refractivity contribution >= 4 is 5.69 Å². The van der Waals surface area contributed by atoms with E-state index in [1.165, 1.54) is 5.69 Å².